The predicted octanol–water partition coefficient (Wildman–Crippen LogP) is 4.67. The second-order valence-electron chi connectivity index (χ2n) is 10.7. The number of hydrogen-bond acceptors (Lipinski definition) is 7. The fourth-order valence-corrected chi connectivity index (χ4v) is 5.66. The first-order chi connectivity index (χ1) is 18.3. The maximum atomic E-state index is 15.5. The van der Waals surface area contributed by atoms with Crippen molar-refractivity contribution in [3.05, 3.63) is 35.9 Å². The van der Waals surface area contributed by atoms with Crippen LogP contribution in [0.5, 0.6) is 5.75 Å². The molecule has 0 atom stereocenters. The molecule has 1 aromatic carbocycles. The maximum absolute atomic E-state index is 15.5. The minimum Gasteiger partial charge on any atom is -0.495 e. The van der Waals surface area contributed by atoms with E-state index in [1.807, 2.05) is 12.1 Å². The largest absolute Gasteiger partial charge is 0.495 e. The van der Waals surface area contributed by atoms with Crippen molar-refractivity contribution in [2.24, 2.45) is 0 Å². The van der Waals surface area contributed by atoms with E-state index < -0.39 is 5.82 Å². The minimum atomic E-state index is -0.555. The van der Waals surface area contributed by atoms with Crippen molar-refractivity contribution >= 4 is 34.3 Å². The Morgan fingerprint density at radius 3 is 2.50 bits per heavy atom. The van der Waals surface area contributed by atoms with Crippen molar-refractivity contribution in [1.29, 1.82) is 0 Å². The van der Waals surface area contributed by atoms with Gasteiger partial charge in [0.05, 0.1) is 18.2 Å². The lowest BCUT2D eigenvalue weighted by atomic mass is 10.2. The molecular weight excluding hydrogens is 485 g/mol. The van der Waals surface area contributed by atoms with E-state index in [-0.39, 0.29) is 23.0 Å². The summed E-state index contributed by atoms with van der Waals surface area (Å²) in [5.74, 6) is 0.198. The van der Waals surface area contributed by atoms with Crippen molar-refractivity contribution in [2.75, 3.05) is 57.6 Å². The van der Waals surface area contributed by atoms with Crippen molar-refractivity contribution < 1.29 is 13.9 Å². The summed E-state index contributed by atoms with van der Waals surface area (Å²) in [6, 6.07) is 6.56. The van der Waals surface area contributed by atoms with Gasteiger partial charge in [0, 0.05) is 70.3 Å². The highest BCUT2D eigenvalue weighted by Crippen LogP contribution is 2.37. The van der Waals surface area contributed by atoms with Crippen LogP contribution in [0.1, 0.15) is 56.1 Å². The molecule has 0 radical (unpaired) electrons. The van der Waals surface area contributed by atoms with E-state index in [0.29, 0.717) is 17.6 Å². The van der Waals surface area contributed by atoms with Gasteiger partial charge in [-0.3, -0.25) is 9.69 Å². The highest BCUT2D eigenvalue weighted by Gasteiger charge is 2.31. The number of carbonyl (C=O) groups excluding carboxylic acids is 1. The summed E-state index contributed by atoms with van der Waals surface area (Å²) in [5, 5.41) is 3.53. The number of anilines is 3. The van der Waals surface area contributed by atoms with E-state index in [0.717, 1.165) is 69.0 Å². The molecule has 204 valence electrons. The molecule has 5 rings (SSSR count). The topological polar surface area (TPSA) is 78.8 Å². The maximum Gasteiger partial charge on any atom is 0.273 e. The third kappa shape index (κ3) is 4.89. The smallest absolute Gasteiger partial charge is 0.273 e. The number of ether oxygens (including phenoxy) is 1. The Morgan fingerprint density at radius 2 is 1.87 bits per heavy atom. The number of carbonyl (C=O) groups is 1. The van der Waals surface area contributed by atoms with Crippen LogP contribution in [0, 0.1) is 5.82 Å². The van der Waals surface area contributed by atoms with E-state index >= 15 is 4.39 Å². The Hall–Kier alpha value is -3.40. The van der Waals surface area contributed by atoms with Crippen molar-refractivity contribution in [1.82, 2.24) is 24.3 Å². The molecule has 1 saturated carbocycles. The molecule has 2 aliphatic rings. The van der Waals surface area contributed by atoms with Crippen LogP contribution < -0.4 is 15.0 Å². The van der Waals surface area contributed by atoms with Crippen LogP contribution in [0.3, 0.4) is 0 Å². The Kier molecular flexibility index (Phi) is 7.43. The van der Waals surface area contributed by atoms with Crippen LogP contribution in [0.4, 0.5) is 21.7 Å². The van der Waals surface area contributed by atoms with Crippen LogP contribution in [-0.4, -0.2) is 83.7 Å². The van der Waals surface area contributed by atoms with Gasteiger partial charge in [0.25, 0.3) is 5.91 Å². The third-order valence-corrected chi connectivity index (χ3v) is 7.80. The van der Waals surface area contributed by atoms with Crippen molar-refractivity contribution in [3.8, 4) is 5.75 Å². The molecule has 0 spiro atoms. The monoisotopic (exact) mass is 523 g/mol. The molecule has 1 N–H and O–H groups in total. The number of hydrogen-bond donors (Lipinski definition) is 1. The zero-order chi connectivity index (χ0) is 27.0. The van der Waals surface area contributed by atoms with Crippen LogP contribution in [0.25, 0.3) is 11.0 Å². The number of methoxy groups -OCH3 is 1. The predicted molar refractivity (Wildman–Crippen MR) is 148 cm³/mol. The van der Waals surface area contributed by atoms with E-state index in [2.05, 4.69) is 40.0 Å². The molecule has 10 heteroatoms. The van der Waals surface area contributed by atoms with E-state index in [4.69, 9.17) is 9.72 Å². The second kappa shape index (κ2) is 10.8. The van der Waals surface area contributed by atoms with Gasteiger partial charge in [0.1, 0.15) is 17.1 Å². The van der Waals surface area contributed by atoms with Crippen LogP contribution >= 0.6 is 0 Å². The van der Waals surface area contributed by atoms with Gasteiger partial charge >= 0.3 is 0 Å². The molecule has 0 bridgehead atoms. The van der Waals surface area contributed by atoms with Gasteiger partial charge in [-0.2, -0.15) is 4.98 Å². The SMILES string of the molecule is COc1cc(Nc2ncc3c(F)c(C(=O)N(C)C)n(C4CCCC4)c3n2)ccc1N1CCN(C(C)C)CC1. The quantitative estimate of drug-likeness (QED) is 0.482. The average Bonchev–Trinajstić information content (AvgIpc) is 3.54. The first-order valence-corrected chi connectivity index (χ1v) is 13.5. The van der Waals surface area contributed by atoms with E-state index in [1.165, 1.54) is 11.1 Å². The van der Waals surface area contributed by atoms with Gasteiger partial charge < -0.3 is 24.4 Å². The number of benzene rings is 1. The molecule has 3 aromatic rings. The Morgan fingerprint density at radius 1 is 1.16 bits per heavy atom. The Labute approximate surface area is 223 Å². The summed E-state index contributed by atoms with van der Waals surface area (Å²) in [7, 11) is 4.95. The molecule has 1 aliphatic carbocycles. The van der Waals surface area contributed by atoms with Crippen LogP contribution in [-0.2, 0) is 0 Å². The summed E-state index contributed by atoms with van der Waals surface area (Å²) in [5.41, 5.74) is 2.34. The number of aromatic nitrogens is 3. The number of amides is 1. The van der Waals surface area contributed by atoms with Gasteiger partial charge in [-0.15, -0.1) is 0 Å². The van der Waals surface area contributed by atoms with E-state index in [9.17, 15) is 4.79 Å². The molecule has 1 amide bonds. The van der Waals surface area contributed by atoms with Gasteiger partial charge in [-0.05, 0) is 38.8 Å². The molecule has 9 nitrogen and oxygen atoms in total. The number of piperazine rings is 1. The summed E-state index contributed by atoms with van der Waals surface area (Å²) < 4.78 is 23.1. The highest BCUT2D eigenvalue weighted by molar-refractivity contribution is 5.98. The third-order valence-electron chi connectivity index (χ3n) is 7.80. The first kappa shape index (κ1) is 26.2. The average molecular weight is 524 g/mol. The summed E-state index contributed by atoms with van der Waals surface area (Å²) in [6.07, 6.45) is 5.37. The zero-order valence-corrected chi connectivity index (χ0v) is 23.0. The van der Waals surface area contributed by atoms with E-state index in [1.54, 1.807) is 25.8 Å². The molecule has 1 saturated heterocycles. The summed E-state index contributed by atoms with van der Waals surface area (Å²) >= 11 is 0. The Bertz CT molecular complexity index is 1310. The lowest BCUT2D eigenvalue weighted by molar-refractivity contribution is 0.0810. The van der Waals surface area contributed by atoms with Crippen molar-refractivity contribution in [2.45, 2.75) is 51.6 Å². The standard InChI is InChI=1S/C28H38FN7O2/c1-18(2)34-12-14-35(15-13-34)22-11-10-19(16-23(22)38-5)31-28-30-17-21-24(29)25(27(37)33(3)4)36(26(21)32-28)20-8-6-7-9-20/h10-11,16-18,20H,6-9,12-15H2,1-5H3,(H,30,31,32). The fourth-order valence-electron chi connectivity index (χ4n) is 5.66. The zero-order valence-electron chi connectivity index (χ0n) is 23.0. The van der Waals surface area contributed by atoms with Gasteiger partial charge in [-0.25, -0.2) is 9.37 Å². The van der Waals surface area contributed by atoms with Crippen LogP contribution in [0.15, 0.2) is 24.4 Å². The van der Waals surface area contributed by atoms with Gasteiger partial charge in [0.15, 0.2) is 5.82 Å². The molecule has 3 heterocycles. The Balaban J connectivity index is 1.44. The lowest BCUT2D eigenvalue weighted by Crippen LogP contribution is -2.49. The molecule has 2 fully saturated rings. The summed E-state index contributed by atoms with van der Waals surface area (Å²) in [6.45, 7) is 8.39. The molecule has 0 unspecified atom stereocenters. The normalized spacial score (nSPS) is 17.0. The number of nitrogens with one attached hydrogen (secondary N) is 1. The number of fused-ring (bicyclic) bond motifs is 1. The molecule has 2 aromatic heterocycles. The first-order valence-electron chi connectivity index (χ1n) is 13.5. The summed E-state index contributed by atoms with van der Waals surface area (Å²) in [4.78, 5) is 28.3. The molecular formula is C28H38FN7O2. The van der Waals surface area contributed by atoms with Crippen molar-refractivity contribution in [3.63, 3.8) is 0 Å². The molecule has 38 heavy (non-hydrogen) atoms. The fraction of sp³-hybridized carbons (Fsp3) is 0.536. The minimum absolute atomic E-state index is 0.0409. The number of nitrogens with zero attached hydrogens (tertiary/aromatic N) is 6. The van der Waals surface area contributed by atoms with Gasteiger partial charge in [-0.1, -0.05) is 12.8 Å². The number of rotatable bonds is 7. The molecule has 1 aliphatic heterocycles. The lowest BCUT2D eigenvalue weighted by Gasteiger charge is -2.38. The van der Waals surface area contributed by atoms with Gasteiger partial charge in [0.2, 0.25) is 5.95 Å². The van der Waals surface area contributed by atoms with Crippen LogP contribution in [0.2, 0.25) is 0 Å². The number of halogens is 1. The second-order valence-corrected chi connectivity index (χ2v) is 10.7. The highest BCUT2D eigenvalue weighted by atomic mass is 19.1.